The van der Waals surface area contributed by atoms with Crippen LogP contribution in [-0.2, 0) is 13.0 Å². The number of rotatable bonds is 5. The van der Waals surface area contributed by atoms with Gasteiger partial charge in [-0.2, -0.15) is 13.2 Å². The molecule has 6 heteroatoms. The molecule has 0 radical (unpaired) electrons. The second kappa shape index (κ2) is 5.82. The van der Waals surface area contributed by atoms with Gasteiger partial charge in [-0.1, -0.05) is 20.8 Å². The Morgan fingerprint density at radius 3 is 2.47 bits per heavy atom. The second-order valence-electron chi connectivity index (χ2n) is 4.14. The predicted octanol–water partition coefficient (Wildman–Crippen LogP) is 3.48. The molecule has 0 aliphatic heterocycles. The number of hydrogen-bond donors (Lipinski definition) is 1. The van der Waals surface area contributed by atoms with Crippen molar-refractivity contribution < 1.29 is 13.2 Å². The van der Waals surface area contributed by atoms with E-state index in [2.05, 4.69) is 10.3 Å². The summed E-state index contributed by atoms with van der Waals surface area (Å²) in [5.74, 6) is 0.155. The van der Waals surface area contributed by atoms with E-state index < -0.39 is 12.6 Å². The van der Waals surface area contributed by atoms with Gasteiger partial charge in [0, 0.05) is 11.4 Å². The van der Waals surface area contributed by atoms with Gasteiger partial charge in [0.05, 0.1) is 12.1 Å². The summed E-state index contributed by atoms with van der Waals surface area (Å²) >= 11 is 1.16. The first kappa shape index (κ1) is 14.4. The van der Waals surface area contributed by atoms with E-state index in [9.17, 15) is 13.2 Å². The van der Waals surface area contributed by atoms with Crippen molar-refractivity contribution in [2.24, 2.45) is 0 Å². The number of alkyl halides is 3. The zero-order chi connectivity index (χ0) is 13.1. The Morgan fingerprint density at radius 1 is 1.35 bits per heavy atom. The van der Waals surface area contributed by atoms with Crippen molar-refractivity contribution in [2.75, 3.05) is 6.54 Å². The second-order valence-corrected chi connectivity index (χ2v) is 5.31. The maximum absolute atomic E-state index is 12.3. The van der Waals surface area contributed by atoms with Gasteiger partial charge in [-0.05, 0) is 12.5 Å². The fraction of sp³-hybridized carbons (Fsp3) is 0.727. The molecule has 1 rings (SSSR count). The smallest absolute Gasteiger partial charge is 0.312 e. The van der Waals surface area contributed by atoms with Crippen molar-refractivity contribution in [3.63, 3.8) is 0 Å². The standard InChI is InChI=1S/C11H17F3N2S/c1-4-15-6-8-10(7(2)3)16-9(17-8)5-11(12,13)14/h7,15H,4-6H2,1-3H3. The highest BCUT2D eigenvalue weighted by Gasteiger charge is 2.30. The molecule has 1 N–H and O–H groups in total. The Balaban J connectivity index is 2.87. The summed E-state index contributed by atoms with van der Waals surface area (Å²) in [5, 5.41) is 3.29. The van der Waals surface area contributed by atoms with Crippen molar-refractivity contribution in [1.29, 1.82) is 0 Å². The molecule has 0 saturated heterocycles. The summed E-state index contributed by atoms with van der Waals surface area (Å²) in [7, 11) is 0. The Bertz CT molecular complexity index is 358. The third-order valence-electron chi connectivity index (χ3n) is 2.21. The lowest BCUT2D eigenvalue weighted by atomic mass is 10.1. The molecule has 1 aromatic rings. The first-order chi connectivity index (χ1) is 7.83. The summed E-state index contributed by atoms with van der Waals surface area (Å²) in [6.07, 6.45) is -5.11. The molecule has 1 heterocycles. The average Bonchev–Trinajstić information content (AvgIpc) is 2.55. The highest BCUT2D eigenvalue weighted by molar-refractivity contribution is 7.11. The van der Waals surface area contributed by atoms with E-state index in [4.69, 9.17) is 0 Å². The van der Waals surface area contributed by atoms with Gasteiger partial charge in [0.15, 0.2) is 0 Å². The minimum absolute atomic E-state index is 0.155. The van der Waals surface area contributed by atoms with E-state index in [0.717, 1.165) is 28.5 Å². The Kier molecular flexibility index (Phi) is 4.94. The van der Waals surface area contributed by atoms with Crippen LogP contribution in [0.1, 0.15) is 42.3 Å². The molecule has 0 unspecified atom stereocenters. The largest absolute Gasteiger partial charge is 0.395 e. The van der Waals surface area contributed by atoms with E-state index in [1.165, 1.54) is 0 Å². The first-order valence-corrected chi connectivity index (χ1v) is 6.41. The number of hydrogen-bond acceptors (Lipinski definition) is 3. The van der Waals surface area contributed by atoms with E-state index in [1.807, 2.05) is 20.8 Å². The maximum atomic E-state index is 12.3. The minimum atomic E-state index is -4.18. The van der Waals surface area contributed by atoms with E-state index in [1.54, 1.807) is 0 Å². The van der Waals surface area contributed by atoms with Crippen LogP contribution in [0.4, 0.5) is 13.2 Å². The highest BCUT2D eigenvalue weighted by Crippen LogP contribution is 2.29. The van der Waals surface area contributed by atoms with Crippen molar-refractivity contribution in [3.8, 4) is 0 Å². The molecule has 0 fully saturated rings. The lowest BCUT2D eigenvalue weighted by Crippen LogP contribution is -2.12. The fourth-order valence-corrected chi connectivity index (χ4v) is 2.70. The number of thiazole rings is 1. The van der Waals surface area contributed by atoms with Gasteiger partial charge < -0.3 is 5.32 Å². The van der Waals surface area contributed by atoms with Gasteiger partial charge in [0.1, 0.15) is 5.01 Å². The van der Waals surface area contributed by atoms with Crippen LogP contribution in [0.2, 0.25) is 0 Å². The van der Waals surface area contributed by atoms with E-state index in [-0.39, 0.29) is 10.9 Å². The molecule has 0 amide bonds. The third-order valence-corrected chi connectivity index (χ3v) is 3.28. The molecule has 1 aromatic heterocycles. The van der Waals surface area contributed by atoms with Crippen LogP contribution in [0.5, 0.6) is 0 Å². The molecule has 0 bridgehead atoms. The predicted molar refractivity (Wildman–Crippen MR) is 63.3 cm³/mol. The fourth-order valence-electron chi connectivity index (χ4n) is 1.48. The Labute approximate surface area is 103 Å². The number of halogens is 3. The molecule has 0 aromatic carbocycles. The first-order valence-electron chi connectivity index (χ1n) is 5.59. The zero-order valence-electron chi connectivity index (χ0n) is 10.2. The molecule has 0 aliphatic rings. The maximum Gasteiger partial charge on any atom is 0.395 e. The number of nitrogens with zero attached hydrogens (tertiary/aromatic N) is 1. The summed E-state index contributed by atoms with van der Waals surface area (Å²) in [5.41, 5.74) is 0.787. The van der Waals surface area contributed by atoms with Crippen molar-refractivity contribution in [2.45, 2.75) is 45.8 Å². The minimum Gasteiger partial charge on any atom is -0.312 e. The van der Waals surface area contributed by atoms with E-state index in [0.29, 0.717) is 6.54 Å². The molecular formula is C11H17F3N2S. The SMILES string of the molecule is CCNCc1sc(CC(F)(F)F)nc1C(C)C. The molecular weight excluding hydrogens is 249 g/mol. The van der Waals surface area contributed by atoms with Gasteiger partial charge >= 0.3 is 6.18 Å². The highest BCUT2D eigenvalue weighted by atomic mass is 32.1. The van der Waals surface area contributed by atoms with Crippen LogP contribution in [0.25, 0.3) is 0 Å². The third kappa shape index (κ3) is 4.63. The molecule has 2 nitrogen and oxygen atoms in total. The number of nitrogens with one attached hydrogen (secondary N) is 1. The summed E-state index contributed by atoms with van der Waals surface area (Å²) in [4.78, 5) is 5.02. The molecule has 0 saturated carbocycles. The van der Waals surface area contributed by atoms with Crippen molar-refractivity contribution >= 4 is 11.3 Å². The molecule has 0 aliphatic carbocycles. The normalized spacial score (nSPS) is 12.4. The van der Waals surface area contributed by atoms with Crippen LogP contribution < -0.4 is 5.32 Å². The van der Waals surface area contributed by atoms with Gasteiger partial charge in [0.25, 0.3) is 0 Å². The van der Waals surface area contributed by atoms with Crippen molar-refractivity contribution in [3.05, 3.63) is 15.6 Å². The average molecular weight is 266 g/mol. The quantitative estimate of drug-likeness (QED) is 0.882. The molecule has 0 spiro atoms. The summed E-state index contributed by atoms with van der Waals surface area (Å²) in [6.45, 7) is 7.25. The monoisotopic (exact) mass is 266 g/mol. The lowest BCUT2D eigenvalue weighted by molar-refractivity contribution is -0.127. The lowest BCUT2D eigenvalue weighted by Gasteiger charge is -2.04. The van der Waals surface area contributed by atoms with Gasteiger partial charge in [0.2, 0.25) is 0 Å². The van der Waals surface area contributed by atoms with Gasteiger partial charge in [-0.15, -0.1) is 11.3 Å². The van der Waals surface area contributed by atoms with Gasteiger partial charge in [-0.3, -0.25) is 0 Å². The molecule has 0 atom stereocenters. The molecule has 17 heavy (non-hydrogen) atoms. The zero-order valence-corrected chi connectivity index (χ0v) is 11.0. The number of aromatic nitrogens is 1. The summed E-state index contributed by atoms with van der Waals surface area (Å²) < 4.78 is 36.9. The van der Waals surface area contributed by atoms with Crippen LogP contribution in [-0.4, -0.2) is 17.7 Å². The molecule has 98 valence electrons. The van der Waals surface area contributed by atoms with Crippen molar-refractivity contribution in [1.82, 2.24) is 10.3 Å². The van der Waals surface area contributed by atoms with Gasteiger partial charge in [-0.25, -0.2) is 4.98 Å². The Morgan fingerprint density at radius 2 is 2.00 bits per heavy atom. The summed E-state index contributed by atoms with van der Waals surface area (Å²) in [6, 6.07) is 0. The van der Waals surface area contributed by atoms with E-state index >= 15 is 0 Å². The van der Waals surface area contributed by atoms with Crippen LogP contribution in [0, 0.1) is 0 Å². The van der Waals surface area contributed by atoms with Crippen LogP contribution in [0.15, 0.2) is 0 Å². The Hall–Kier alpha value is -0.620. The topological polar surface area (TPSA) is 24.9 Å². The van der Waals surface area contributed by atoms with Crippen LogP contribution in [0.3, 0.4) is 0 Å². The van der Waals surface area contributed by atoms with Crippen LogP contribution >= 0.6 is 11.3 Å².